The van der Waals surface area contributed by atoms with Crippen LogP contribution in [0.15, 0.2) is 30.3 Å². The summed E-state index contributed by atoms with van der Waals surface area (Å²) in [5.41, 5.74) is 0.936. The first-order valence-electron chi connectivity index (χ1n) is 8.93. The van der Waals surface area contributed by atoms with Gasteiger partial charge in [0.15, 0.2) is 0 Å². The molecule has 0 aromatic heterocycles. The summed E-state index contributed by atoms with van der Waals surface area (Å²) in [6, 6.07) is 10.1. The minimum Gasteiger partial charge on any atom is -0.462 e. The van der Waals surface area contributed by atoms with Gasteiger partial charge in [0.2, 0.25) is 0 Å². The van der Waals surface area contributed by atoms with Crippen LogP contribution in [0, 0.1) is 12.3 Å². The van der Waals surface area contributed by atoms with Gasteiger partial charge in [0.25, 0.3) is 0 Å². The minimum absolute atomic E-state index is 0.131. The number of aryl methyl sites for hydroxylation is 1. The molecule has 0 fully saturated rings. The molecular formula is C22H29ClO3. The van der Waals surface area contributed by atoms with Crippen molar-refractivity contribution < 1.29 is 14.3 Å². The smallest absolute Gasteiger partial charge is 0.311 e. The number of hydrogen-bond donors (Lipinski definition) is 0. The van der Waals surface area contributed by atoms with Crippen LogP contribution < -0.4 is 0 Å². The number of esters is 1. The second-order valence-corrected chi connectivity index (χ2v) is 9.09. The maximum Gasteiger partial charge on any atom is 0.311 e. The van der Waals surface area contributed by atoms with Gasteiger partial charge in [0.05, 0.1) is 16.0 Å². The molecule has 4 heteroatoms. The van der Waals surface area contributed by atoms with Crippen molar-refractivity contribution in [2.24, 2.45) is 5.41 Å². The maximum atomic E-state index is 12.2. The SMILES string of the molecule is Cc1cc2ccccc2c(Cl)c1[C@@H](COC(=O)C(C)(C)C)OC(C)(C)C. The van der Waals surface area contributed by atoms with Crippen LogP contribution in [0.5, 0.6) is 0 Å². The molecule has 0 heterocycles. The first-order chi connectivity index (χ1) is 11.9. The second-order valence-electron chi connectivity index (χ2n) is 8.71. The lowest BCUT2D eigenvalue weighted by Crippen LogP contribution is -2.29. The first-order valence-corrected chi connectivity index (χ1v) is 9.31. The lowest BCUT2D eigenvalue weighted by molar-refractivity contribution is -0.162. The van der Waals surface area contributed by atoms with Crippen LogP contribution in [-0.2, 0) is 14.3 Å². The standard InChI is InChI=1S/C22H29ClO3/c1-14-12-15-10-8-9-11-16(15)19(23)18(14)17(26-22(5,6)7)13-25-20(24)21(2,3)4/h8-12,17H,13H2,1-7H3/t17-/m1/s1. The molecule has 0 spiro atoms. The molecule has 2 rings (SSSR count). The Morgan fingerprint density at radius 1 is 1.12 bits per heavy atom. The highest BCUT2D eigenvalue weighted by Gasteiger charge is 2.29. The van der Waals surface area contributed by atoms with Crippen LogP contribution in [0.2, 0.25) is 5.02 Å². The van der Waals surface area contributed by atoms with E-state index in [1.807, 2.05) is 72.7 Å². The predicted octanol–water partition coefficient (Wildman–Crippen LogP) is 6.25. The average molecular weight is 377 g/mol. The highest BCUT2D eigenvalue weighted by Crippen LogP contribution is 2.37. The number of fused-ring (bicyclic) bond motifs is 1. The molecule has 142 valence electrons. The Morgan fingerprint density at radius 2 is 1.73 bits per heavy atom. The Hall–Kier alpha value is -1.58. The van der Waals surface area contributed by atoms with E-state index in [1.54, 1.807) is 0 Å². The van der Waals surface area contributed by atoms with E-state index in [9.17, 15) is 4.79 Å². The predicted molar refractivity (Wildman–Crippen MR) is 108 cm³/mol. The Kier molecular flexibility index (Phi) is 6.04. The monoisotopic (exact) mass is 376 g/mol. The maximum absolute atomic E-state index is 12.2. The molecule has 0 aliphatic rings. The third-order valence-electron chi connectivity index (χ3n) is 4.03. The van der Waals surface area contributed by atoms with E-state index in [0.29, 0.717) is 5.02 Å². The number of rotatable bonds is 4. The van der Waals surface area contributed by atoms with Gasteiger partial charge in [0.1, 0.15) is 12.7 Å². The Bertz CT molecular complexity index is 797. The molecule has 0 saturated heterocycles. The molecule has 0 bridgehead atoms. The van der Waals surface area contributed by atoms with Crippen LogP contribution in [0.1, 0.15) is 58.8 Å². The first kappa shape index (κ1) is 20.7. The molecule has 0 aliphatic heterocycles. The largest absolute Gasteiger partial charge is 0.462 e. The Morgan fingerprint density at radius 3 is 2.31 bits per heavy atom. The summed E-state index contributed by atoms with van der Waals surface area (Å²) in [6.45, 7) is 13.6. The van der Waals surface area contributed by atoms with Crippen molar-refractivity contribution in [3.05, 3.63) is 46.5 Å². The molecule has 0 radical (unpaired) electrons. The summed E-state index contributed by atoms with van der Waals surface area (Å²) in [4.78, 5) is 12.2. The minimum atomic E-state index is -0.561. The number of halogens is 1. The second kappa shape index (κ2) is 7.58. The van der Waals surface area contributed by atoms with E-state index >= 15 is 0 Å². The van der Waals surface area contributed by atoms with E-state index in [-0.39, 0.29) is 12.6 Å². The molecule has 0 N–H and O–H groups in total. The van der Waals surface area contributed by atoms with Crippen molar-refractivity contribution in [2.45, 2.75) is 60.2 Å². The van der Waals surface area contributed by atoms with Crippen molar-refractivity contribution in [3.63, 3.8) is 0 Å². The Balaban J connectivity index is 2.45. The van der Waals surface area contributed by atoms with E-state index < -0.39 is 17.1 Å². The summed E-state index contributed by atoms with van der Waals surface area (Å²) in [5, 5.41) is 2.71. The lowest BCUT2D eigenvalue weighted by atomic mass is 9.96. The van der Waals surface area contributed by atoms with Gasteiger partial charge in [-0.05, 0) is 59.4 Å². The number of hydrogen-bond acceptors (Lipinski definition) is 3. The number of carbonyl (C=O) groups excluding carboxylic acids is 1. The van der Waals surface area contributed by atoms with E-state index in [2.05, 4.69) is 6.07 Å². The highest BCUT2D eigenvalue weighted by atomic mass is 35.5. The molecule has 2 aromatic carbocycles. The van der Waals surface area contributed by atoms with Crippen LogP contribution in [0.4, 0.5) is 0 Å². The Labute approximate surface area is 161 Å². The normalized spacial score (nSPS) is 13.7. The molecule has 0 unspecified atom stereocenters. The quantitative estimate of drug-likeness (QED) is 0.592. The van der Waals surface area contributed by atoms with Gasteiger partial charge in [-0.15, -0.1) is 0 Å². The zero-order valence-corrected chi connectivity index (χ0v) is 17.5. The van der Waals surface area contributed by atoms with Crippen LogP contribution >= 0.6 is 11.6 Å². The van der Waals surface area contributed by atoms with E-state index in [1.165, 1.54) is 0 Å². The van der Waals surface area contributed by atoms with Gasteiger partial charge in [-0.2, -0.15) is 0 Å². The molecule has 0 amide bonds. The number of carbonyl (C=O) groups is 1. The van der Waals surface area contributed by atoms with Crippen molar-refractivity contribution in [3.8, 4) is 0 Å². The summed E-state index contributed by atoms with van der Waals surface area (Å²) in [7, 11) is 0. The zero-order valence-electron chi connectivity index (χ0n) is 16.8. The third-order valence-corrected chi connectivity index (χ3v) is 4.43. The number of ether oxygens (including phenoxy) is 2. The van der Waals surface area contributed by atoms with Gasteiger partial charge < -0.3 is 9.47 Å². The summed E-state index contributed by atoms with van der Waals surface area (Å²) in [5.74, 6) is -0.255. The fourth-order valence-corrected chi connectivity index (χ4v) is 3.26. The zero-order chi connectivity index (χ0) is 19.7. The van der Waals surface area contributed by atoms with Gasteiger partial charge in [0, 0.05) is 10.9 Å². The fourth-order valence-electron chi connectivity index (χ4n) is 2.82. The van der Waals surface area contributed by atoms with Crippen molar-refractivity contribution in [1.82, 2.24) is 0 Å². The van der Waals surface area contributed by atoms with Crippen molar-refractivity contribution in [2.75, 3.05) is 6.61 Å². The van der Waals surface area contributed by atoms with Crippen LogP contribution in [0.25, 0.3) is 10.8 Å². The molecule has 2 aromatic rings. The molecule has 0 saturated carbocycles. The van der Waals surface area contributed by atoms with Crippen LogP contribution in [0.3, 0.4) is 0 Å². The number of benzene rings is 2. The molecule has 1 atom stereocenters. The van der Waals surface area contributed by atoms with Gasteiger partial charge in [-0.1, -0.05) is 41.9 Å². The summed E-state index contributed by atoms with van der Waals surface area (Å²) < 4.78 is 11.8. The molecule has 0 aliphatic carbocycles. The summed E-state index contributed by atoms with van der Waals surface area (Å²) in [6.07, 6.45) is -0.432. The topological polar surface area (TPSA) is 35.5 Å². The van der Waals surface area contributed by atoms with Gasteiger partial charge >= 0.3 is 5.97 Å². The van der Waals surface area contributed by atoms with Crippen LogP contribution in [-0.4, -0.2) is 18.2 Å². The van der Waals surface area contributed by atoms with Crippen molar-refractivity contribution >= 4 is 28.3 Å². The molecule has 26 heavy (non-hydrogen) atoms. The van der Waals surface area contributed by atoms with Crippen molar-refractivity contribution in [1.29, 1.82) is 0 Å². The van der Waals surface area contributed by atoms with Gasteiger partial charge in [-0.3, -0.25) is 4.79 Å². The third kappa shape index (κ3) is 4.99. The van der Waals surface area contributed by atoms with E-state index in [4.69, 9.17) is 21.1 Å². The van der Waals surface area contributed by atoms with Gasteiger partial charge in [-0.25, -0.2) is 0 Å². The average Bonchev–Trinajstić information content (AvgIpc) is 2.49. The lowest BCUT2D eigenvalue weighted by Gasteiger charge is -2.30. The molecule has 3 nitrogen and oxygen atoms in total. The molecular weight excluding hydrogens is 348 g/mol. The summed E-state index contributed by atoms with van der Waals surface area (Å²) >= 11 is 6.76. The highest BCUT2D eigenvalue weighted by molar-refractivity contribution is 6.36. The van der Waals surface area contributed by atoms with E-state index in [0.717, 1.165) is 21.9 Å². The fraction of sp³-hybridized carbons (Fsp3) is 0.500.